The third-order valence-electron chi connectivity index (χ3n) is 11.1. The second-order valence-corrected chi connectivity index (χ2v) is 19.3. The molecule has 2 aliphatic rings. The van der Waals surface area contributed by atoms with E-state index in [1.165, 1.54) is 53.5 Å². The third kappa shape index (κ3) is 12.1. The maximum absolute atomic E-state index is 15.0. The van der Waals surface area contributed by atoms with Gasteiger partial charge in [-0.25, -0.2) is 23.2 Å². The quantitative estimate of drug-likeness (QED) is 0.0572. The number of nitrogens with one attached hydrogen (secondary N) is 3. The lowest BCUT2D eigenvalue weighted by Gasteiger charge is -2.45. The van der Waals surface area contributed by atoms with E-state index >= 15 is 4.79 Å². The van der Waals surface area contributed by atoms with E-state index in [1.54, 1.807) is 52.0 Å². The molecule has 4 atom stereocenters. The number of carbonyl (C=O) groups excluding carboxylic acids is 5. The topological polar surface area (TPSA) is 287 Å². The number of aliphatic hydroxyl groups is 1. The molecule has 19 nitrogen and oxygen atoms in total. The van der Waals surface area contributed by atoms with Crippen molar-refractivity contribution in [3.05, 3.63) is 116 Å². The van der Waals surface area contributed by atoms with E-state index < -0.39 is 79.5 Å². The number of benzene rings is 3. The predicted octanol–water partition coefficient (Wildman–Crippen LogP) is 3.42. The molecule has 0 aliphatic carbocycles. The number of non-ortho nitro benzene ring substituents is 1. The summed E-state index contributed by atoms with van der Waals surface area (Å²) in [5.41, 5.74) is 11.2. The maximum Gasteiger partial charge on any atom is 0.407 e. The number of nitrogens with zero attached hydrogens (tertiary/aromatic N) is 3. The first kappa shape index (κ1) is 49.8. The lowest BCUT2D eigenvalue weighted by molar-refractivity contribution is -0.384. The molecule has 0 spiro atoms. The number of aryl methyl sites for hydroxylation is 1. The molecule has 3 unspecified atom stereocenters. The molecule has 2 aliphatic heterocycles. The summed E-state index contributed by atoms with van der Waals surface area (Å²) in [6.45, 7) is 8.88. The summed E-state index contributed by atoms with van der Waals surface area (Å²) in [6.07, 6.45) is -1.46. The molecule has 1 saturated heterocycles. The average molecular weight is 919 g/mol. The van der Waals surface area contributed by atoms with Crippen molar-refractivity contribution in [1.29, 1.82) is 0 Å². The van der Waals surface area contributed by atoms with Crippen LogP contribution < -0.4 is 27.4 Å². The number of fused-ring (bicyclic) bond motifs is 1. The van der Waals surface area contributed by atoms with Crippen LogP contribution in [-0.2, 0) is 41.9 Å². The Morgan fingerprint density at radius 1 is 0.985 bits per heavy atom. The summed E-state index contributed by atoms with van der Waals surface area (Å²) in [4.78, 5) is 77.7. The van der Waals surface area contributed by atoms with Gasteiger partial charge in [0.05, 0.1) is 26.8 Å². The Hall–Kier alpha value is -6.22. The van der Waals surface area contributed by atoms with Gasteiger partial charge >= 0.3 is 6.09 Å². The van der Waals surface area contributed by atoms with Crippen molar-refractivity contribution in [2.75, 3.05) is 13.1 Å². The van der Waals surface area contributed by atoms with Gasteiger partial charge in [0.2, 0.25) is 15.7 Å². The summed E-state index contributed by atoms with van der Waals surface area (Å²) >= 11 is 0. The first-order valence-corrected chi connectivity index (χ1v) is 22.9. The van der Waals surface area contributed by atoms with Crippen LogP contribution >= 0.6 is 0 Å². The number of primary amides is 1. The number of amides is 5. The minimum Gasteiger partial charge on any atom is -0.444 e. The normalized spacial score (nSPS) is 18.7. The highest BCUT2D eigenvalue weighted by Gasteiger charge is 2.56. The number of nitro benzene ring substituents is 1. The van der Waals surface area contributed by atoms with Crippen LogP contribution in [0.2, 0.25) is 0 Å². The molecule has 0 bridgehead atoms. The van der Waals surface area contributed by atoms with E-state index in [1.807, 2.05) is 6.92 Å². The molecule has 3 aromatic carbocycles. The van der Waals surface area contributed by atoms with Gasteiger partial charge in [0.25, 0.3) is 23.4 Å². The molecule has 0 radical (unpaired) electrons. The number of rotatable bonds is 19. The van der Waals surface area contributed by atoms with E-state index in [9.17, 15) is 42.8 Å². The molecule has 0 aromatic heterocycles. The van der Waals surface area contributed by atoms with E-state index in [2.05, 4.69) is 16.0 Å². The molecular weight excluding hydrogens is 861 g/mol. The van der Waals surface area contributed by atoms with Gasteiger partial charge < -0.3 is 37.3 Å². The molecule has 0 saturated carbocycles. The summed E-state index contributed by atoms with van der Waals surface area (Å²) in [5, 5.41) is 33.5. The number of nitrogens with two attached hydrogens (primary N) is 2. The fraction of sp³-hybridized carbons (Fsp3) is 0.444. The highest BCUT2D eigenvalue weighted by Crippen LogP contribution is 2.43. The minimum absolute atomic E-state index is 0.0381. The SMILES string of the molecule is CCCC1C(S(=O)(=O)c2ccc(C)cc2)=C(C(=O)N[C@@H](CCCCNC(=O)OC(C)(C)C)C(O)C(=O)NCc2ccc(C(N)=O)cc2)N2C(=O)C(N)(Cc3ccc([N+](=O)[O-])cc3)CCN12. The zero-order chi connectivity index (χ0) is 47.9. The maximum atomic E-state index is 15.0. The van der Waals surface area contributed by atoms with Crippen molar-refractivity contribution in [2.45, 2.75) is 120 Å². The van der Waals surface area contributed by atoms with Gasteiger partial charge in [0, 0.05) is 37.3 Å². The molecule has 3 aromatic rings. The number of ether oxygens (including phenoxy) is 1. The van der Waals surface area contributed by atoms with Crippen LogP contribution in [-0.4, -0.2) is 101 Å². The summed E-state index contributed by atoms with van der Waals surface area (Å²) < 4.78 is 35.0. The molecule has 20 heteroatoms. The number of nitro groups is 1. The Morgan fingerprint density at radius 3 is 2.20 bits per heavy atom. The second-order valence-electron chi connectivity index (χ2n) is 17.3. The number of aliphatic hydroxyl groups excluding tert-OH is 1. The van der Waals surface area contributed by atoms with Crippen LogP contribution in [0.25, 0.3) is 0 Å². The Bertz CT molecular complexity index is 2400. The monoisotopic (exact) mass is 918 g/mol. The largest absolute Gasteiger partial charge is 0.444 e. The van der Waals surface area contributed by atoms with Crippen molar-refractivity contribution < 1.29 is 47.2 Å². The lowest BCUT2D eigenvalue weighted by Crippen LogP contribution is -2.66. The van der Waals surface area contributed by atoms with E-state index in [4.69, 9.17) is 16.2 Å². The van der Waals surface area contributed by atoms with Crippen molar-refractivity contribution in [1.82, 2.24) is 26.0 Å². The van der Waals surface area contributed by atoms with Gasteiger partial charge in [-0.05, 0) is 102 Å². The Morgan fingerprint density at radius 2 is 1.62 bits per heavy atom. The van der Waals surface area contributed by atoms with E-state index in [-0.39, 0.29) is 72.8 Å². The fourth-order valence-electron chi connectivity index (χ4n) is 7.75. The molecule has 8 N–H and O–H groups in total. The zero-order valence-electron chi connectivity index (χ0n) is 37.2. The molecule has 2 heterocycles. The molecular formula is C45H58N8O11S. The summed E-state index contributed by atoms with van der Waals surface area (Å²) in [7, 11) is -4.52. The Labute approximate surface area is 378 Å². The average Bonchev–Trinajstić information content (AvgIpc) is 3.58. The Balaban J connectivity index is 1.52. The first-order valence-electron chi connectivity index (χ1n) is 21.4. The molecule has 5 rings (SSSR count). The van der Waals surface area contributed by atoms with Gasteiger partial charge in [-0.1, -0.05) is 55.3 Å². The van der Waals surface area contributed by atoms with Gasteiger partial charge in [0.15, 0.2) is 6.10 Å². The smallest absolute Gasteiger partial charge is 0.407 e. The van der Waals surface area contributed by atoms with E-state index in [0.717, 1.165) is 10.6 Å². The Kier molecular flexibility index (Phi) is 15.9. The van der Waals surface area contributed by atoms with Crippen LogP contribution in [0.4, 0.5) is 10.5 Å². The standard InChI is InChI=1S/C45H58N8O11S/c1-6-9-35-38(65(62,63)33-21-11-28(2)12-22-33)36(52-42(58)45(47,23-25-51(35)52)26-29-15-19-32(20-16-29)53(60)61)40(56)50-34(10-7-8-24-48-43(59)64-44(3,4)5)37(54)41(57)49-27-30-13-17-31(18-14-30)39(46)55/h11-22,34-35,37,54H,6-10,23-27,47H2,1-5H3,(H2,46,55)(H,48,59)(H,49,57)(H,50,56)/t34-,35?,37?,45?/m0/s1. The molecule has 5 amide bonds. The van der Waals surface area contributed by atoms with Gasteiger partial charge in [0.1, 0.15) is 16.8 Å². The lowest BCUT2D eigenvalue weighted by atomic mass is 9.85. The van der Waals surface area contributed by atoms with Crippen LogP contribution in [0.15, 0.2) is 88.3 Å². The first-order chi connectivity index (χ1) is 30.6. The van der Waals surface area contributed by atoms with Gasteiger partial charge in [-0.15, -0.1) is 0 Å². The highest BCUT2D eigenvalue weighted by atomic mass is 32.2. The van der Waals surface area contributed by atoms with Crippen molar-refractivity contribution in [3.8, 4) is 0 Å². The number of carbonyl (C=O) groups is 5. The van der Waals surface area contributed by atoms with Crippen molar-refractivity contribution in [2.24, 2.45) is 11.5 Å². The number of hydrazine groups is 1. The second kappa shape index (κ2) is 20.7. The summed E-state index contributed by atoms with van der Waals surface area (Å²) in [5.74, 6) is -3.40. The zero-order valence-corrected chi connectivity index (χ0v) is 38.0. The third-order valence-corrected chi connectivity index (χ3v) is 13.1. The molecule has 350 valence electrons. The van der Waals surface area contributed by atoms with Crippen LogP contribution in [0.1, 0.15) is 93.3 Å². The van der Waals surface area contributed by atoms with Gasteiger partial charge in [-0.3, -0.25) is 29.3 Å². The number of sulfone groups is 1. The fourth-order valence-corrected chi connectivity index (χ4v) is 9.53. The van der Waals surface area contributed by atoms with Crippen LogP contribution in [0.3, 0.4) is 0 Å². The van der Waals surface area contributed by atoms with Crippen LogP contribution in [0, 0.1) is 17.0 Å². The number of alkyl carbamates (subject to hydrolysis) is 1. The highest BCUT2D eigenvalue weighted by molar-refractivity contribution is 7.95. The van der Waals surface area contributed by atoms with Crippen molar-refractivity contribution >= 4 is 45.2 Å². The molecule has 65 heavy (non-hydrogen) atoms. The molecule has 1 fully saturated rings. The van der Waals surface area contributed by atoms with E-state index in [0.29, 0.717) is 24.0 Å². The minimum atomic E-state index is -4.52. The number of hydrogen-bond acceptors (Lipinski definition) is 13. The van der Waals surface area contributed by atoms with Crippen LogP contribution in [0.5, 0.6) is 0 Å². The predicted molar refractivity (Wildman–Crippen MR) is 239 cm³/mol. The number of hydrogen-bond donors (Lipinski definition) is 6. The van der Waals surface area contributed by atoms with Gasteiger partial charge in [-0.2, -0.15) is 0 Å². The van der Waals surface area contributed by atoms with Crippen molar-refractivity contribution in [3.63, 3.8) is 0 Å². The summed E-state index contributed by atoms with van der Waals surface area (Å²) in [6, 6.07) is 15.3. The number of unbranched alkanes of at least 4 members (excludes halogenated alkanes) is 1.